The van der Waals surface area contributed by atoms with Crippen molar-refractivity contribution in [3.8, 4) is 0 Å². The second kappa shape index (κ2) is 3.12. The summed E-state index contributed by atoms with van der Waals surface area (Å²) in [6.07, 6.45) is 4.56. The zero-order valence-corrected chi connectivity index (χ0v) is 9.76. The predicted molar refractivity (Wildman–Crippen MR) is 59.6 cm³/mol. The molecule has 14 heavy (non-hydrogen) atoms. The van der Waals surface area contributed by atoms with E-state index in [1.165, 1.54) is 32.4 Å². The van der Waals surface area contributed by atoms with Crippen LogP contribution in [0.25, 0.3) is 0 Å². The van der Waals surface area contributed by atoms with Crippen molar-refractivity contribution in [3.63, 3.8) is 0 Å². The Morgan fingerprint density at radius 3 is 3.00 bits per heavy atom. The van der Waals surface area contributed by atoms with Gasteiger partial charge in [-0.15, -0.1) is 11.6 Å². The molecule has 4 atom stereocenters. The van der Waals surface area contributed by atoms with E-state index in [1.807, 2.05) is 0 Å². The molecule has 1 saturated heterocycles. The molecule has 1 nitrogen and oxygen atoms in total. The van der Waals surface area contributed by atoms with Crippen LogP contribution in [0.1, 0.15) is 26.2 Å². The highest BCUT2D eigenvalue weighted by Gasteiger charge is 2.58. The molecule has 1 aliphatic heterocycles. The van der Waals surface area contributed by atoms with Crippen LogP contribution in [-0.2, 0) is 0 Å². The monoisotopic (exact) mass is 213 g/mol. The molecule has 2 saturated carbocycles. The normalized spacial score (nSPS) is 51.4. The number of halogens is 1. The van der Waals surface area contributed by atoms with Crippen LogP contribution in [-0.4, -0.2) is 30.4 Å². The Kier molecular flexibility index (Phi) is 2.11. The molecule has 3 aliphatic rings. The molecular formula is C12H20ClN. The number of rotatable bonds is 2. The molecule has 0 unspecified atom stereocenters. The fourth-order valence-corrected chi connectivity index (χ4v) is 4.78. The third-order valence-electron chi connectivity index (χ3n) is 5.24. The Morgan fingerprint density at radius 1 is 1.43 bits per heavy atom. The van der Waals surface area contributed by atoms with Crippen LogP contribution in [0.5, 0.6) is 0 Å². The van der Waals surface area contributed by atoms with Crippen molar-refractivity contribution in [2.75, 3.05) is 25.5 Å². The summed E-state index contributed by atoms with van der Waals surface area (Å²) in [5.74, 6) is 3.91. The van der Waals surface area contributed by atoms with Gasteiger partial charge in [0.1, 0.15) is 0 Å². The molecule has 2 aliphatic carbocycles. The fourth-order valence-electron chi connectivity index (χ4n) is 4.54. The average Bonchev–Trinajstić information content (AvgIpc) is 2.74. The quantitative estimate of drug-likeness (QED) is 0.638. The summed E-state index contributed by atoms with van der Waals surface area (Å²) in [6, 6.07) is 0. The highest BCUT2D eigenvalue weighted by Crippen LogP contribution is 2.62. The molecule has 3 fully saturated rings. The van der Waals surface area contributed by atoms with Crippen LogP contribution in [0, 0.1) is 23.2 Å². The molecule has 0 aromatic heterocycles. The van der Waals surface area contributed by atoms with Crippen molar-refractivity contribution in [3.05, 3.63) is 0 Å². The van der Waals surface area contributed by atoms with Crippen LogP contribution in [0.2, 0.25) is 0 Å². The van der Waals surface area contributed by atoms with Crippen molar-refractivity contribution in [2.24, 2.45) is 23.2 Å². The molecule has 0 amide bonds. The largest absolute Gasteiger partial charge is 0.301 e. The smallest absolute Gasteiger partial charge is 0.0351 e. The number of fused-ring (bicyclic) bond motifs is 5. The van der Waals surface area contributed by atoms with E-state index in [0.29, 0.717) is 5.41 Å². The van der Waals surface area contributed by atoms with Gasteiger partial charge in [-0.3, -0.25) is 0 Å². The third-order valence-corrected chi connectivity index (χ3v) is 5.41. The SMILES string of the molecule is C[C@]12CN(CCCl)C[C@H]1[C@H]1CC[C@@H]2C1. The predicted octanol–water partition coefficient (Wildman–Crippen LogP) is 2.59. The van der Waals surface area contributed by atoms with Gasteiger partial charge in [-0.25, -0.2) is 0 Å². The van der Waals surface area contributed by atoms with Gasteiger partial charge in [0, 0.05) is 25.5 Å². The van der Waals surface area contributed by atoms with Crippen LogP contribution >= 0.6 is 11.6 Å². The molecule has 2 bridgehead atoms. The number of hydrogen-bond donors (Lipinski definition) is 0. The first-order valence-corrected chi connectivity index (χ1v) is 6.56. The van der Waals surface area contributed by atoms with Crippen molar-refractivity contribution in [1.29, 1.82) is 0 Å². The second-order valence-electron chi connectivity index (χ2n) is 5.81. The Morgan fingerprint density at radius 2 is 2.29 bits per heavy atom. The molecule has 3 rings (SSSR count). The van der Waals surface area contributed by atoms with Gasteiger partial charge in [0.05, 0.1) is 0 Å². The zero-order chi connectivity index (χ0) is 9.76. The van der Waals surface area contributed by atoms with E-state index in [2.05, 4.69) is 11.8 Å². The summed E-state index contributed by atoms with van der Waals surface area (Å²) in [5.41, 5.74) is 0.662. The highest BCUT2D eigenvalue weighted by molar-refractivity contribution is 6.18. The van der Waals surface area contributed by atoms with E-state index < -0.39 is 0 Å². The van der Waals surface area contributed by atoms with E-state index in [0.717, 1.165) is 30.2 Å². The lowest BCUT2D eigenvalue weighted by Gasteiger charge is -2.34. The highest BCUT2D eigenvalue weighted by atomic mass is 35.5. The van der Waals surface area contributed by atoms with Gasteiger partial charge in [0.15, 0.2) is 0 Å². The summed E-state index contributed by atoms with van der Waals surface area (Å²) in [5, 5.41) is 0. The number of likely N-dealkylation sites (tertiary alicyclic amines) is 1. The minimum absolute atomic E-state index is 0.662. The first kappa shape index (κ1) is 9.47. The van der Waals surface area contributed by atoms with Crippen molar-refractivity contribution in [1.82, 2.24) is 4.90 Å². The van der Waals surface area contributed by atoms with Crippen molar-refractivity contribution >= 4 is 11.6 Å². The summed E-state index contributed by atoms with van der Waals surface area (Å²) in [6.45, 7) is 6.30. The maximum atomic E-state index is 5.83. The maximum absolute atomic E-state index is 5.83. The van der Waals surface area contributed by atoms with Crippen LogP contribution < -0.4 is 0 Å². The molecule has 80 valence electrons. The van der Waals surface area contributed by atoms with E-state index in [9.17, 15) is 0 Å². The number of nitrogens with zero attached hydrogens (tertiary/aromatic N) is 1. The van der Waals surface area contributed by atoms with E-state index >= 15 is 0 Å². The van der Waals surface area contributed by atoms with Crippen molar-refractivity contribution in [2.45, 2.75) is 26.2 Å². The lowest BCUT2D eigenvalue weighted by Crippen LogP contribution is -2.33. The molecule has 1 heterocycles. The van der Waals surface area contributed by atoms with Crippen molar-refractivity contribution < 1.29 is 0 Å². The first-order valence-electron chi connectivity index (χ1n) is 6.02. The number of alkyl halides is 1. The Bertz CT molecular complexity index is 242. The summed E-state index contributed by atoms with van der Waals surface area (Å²) >= 11 is 5.83. The van der Waals surface area contributed by atoms with Gasteiger partial charge in [-0.2, -0.15) is 0 Å². The standard InChI is InChI=1S/C12H20ClN/c1-12-8-14(5-4-13)7-11(12)9-2-3-10(12)6-9/h9-11H,2-8H2,1H3/t9-,10+,11-,12+/m0/s1. The summed E-state index contributed by atoms with van der Waals surface area (Å²) < 4.78 is 0. The van der Waals surface area contributed by atoms with Gasteiger partial charge >= 0.3 is 0 Å². The molecule has 0 aromatic carbocycles. The maximum Gasteiger partial charge on any atom is 0.0351 e. The molecule has 0 aromatic rings. The minimum Gasteiger partial charge on any atom is -0.301 e. The Labute approximate surface area is 91.8 Å². The topological polar surface area (TPSA) is 3.24 Å². The Balaban J connectivity index is 1.78. The van der Waals surface area contributed by atoms with E-state index in [-0.39, 0.29) is 0 Å². The van der Waals surface area contributed by atoms with Gasteiger partial charge in [0.2, 0.25) is 0 Å². The lowest BCUT2D eigenvalue weighted by atomic mass is 9.70. The zero-order valence-electron chi connectivity index (χ0n) is 9.01. The van der Waals surface area contributed by atoms with Gasteiger partial charge in [-0.1, -0.05) is 6.92 Å². The Hall–Kier alpha value is 0.250. The van der Waals surface area contributed by atoms with Gasteiger partial charge in [0.25, 0.3) is 0 Å². The van der Waals surface area contributed by atoms with Gasteiger partial charge in [-0.05, 0) is 42.4 Å². The molecule has 2 heteroatoms. The average molecular weight is 214 g/mol. The minimum atomic E-state index is 0.662. The summed E-state index contributed by atoms with van der Waals surface area (Å²) in [4.78, 5) is 2.60. The molecule has 0 N–H and O–H groups in total. The molecule has 0 spiro atoms. The van der Waals surface area contributed by atoms with Crippen LogP contribution in [0.3, 0.4) is 0 Å². The van der Waals surface area contributed by atoms with E-state index in [1.54, 1.807) is 0 Å². The fraction of sp³-hybridized carbons (Fsp3) is 1.00. The van der Waals surface area contributed by atoms with E-state index in [4.69, 9.17) is 11.6 Å². The van der Waals surface area contributed by atoms with Crippen LogP contribution in [0.4, 0.5) is 0 Å². The lowest BCUT2D eigenvalue weighted by molar-refractivity contribution is 0.151. The number of hydrogen-bond acceptors (Lipinski definition) is 1. The molecular weight excluding hydrogens is 194 g/mol. The first-order chi connectivity index (χ1) is 6.74. The summed E-state index contributed by atoms with van der Waals surface area (Å²) in [7, 11) is 0. The second-order valence-corrected chi connectivity index (χ2v) is 6.18. The van der Waals surface area contributed by atoms with Crippen LogP contribution in [0.15, 0.2) is 0 Å². The molecule has 0 radical (unpaired) electrons. The third kappa shape index (κ3) is 1.12. The van der Waals surface area contributed by atoms with Gasteiger partial charge < -0.3 is 4.90 Å².